The van der Waals surface area contributed by atoms with Gasteiger partial charge in [-0.3, -0.25) is 4.79 Å². The van der Waals surface area contributed by atoms with Crippen LogP contribution in [0.2, 0.25) is 0 Å². The molecule has 0 amide bonds. The van der Waals surface area contributed by atoms with E-state index in [0.29, 0.717) is 17.6 Å². The first kappa shape index (κ1) is 6.80. The van der Waals surface area contributed by atoms with Gasteiger partial charge in [-0.25, -0.2) is 0 Å². The van der Waals surface area contributed by atoms with Crippen molar-refractivity contribution in [3.63, 3.8) is 0 Å². The quantitative estimate of drug-likeness (QED) is 0.512. The summed E-state index contributed by atoms with van der Waals surface area (Å²) in [6.45, 7) is 2.16. The second-order valence-electron chi connectivity index (χ2n) is 5.35. The summed E-state index contributed by atoms with van der Waals surface area (Å²) in [6.07, 6.45) is 6.00. The molecule has 0 saturated heterocycles. The molecule has 0 aliphatic heterocycles. The zero-order valence-electron chi connectivity index (χ0n) is 7.81. The summed E-state index contributed by atoms with van der Waals surface area (Å²) in [6, 6.07) is 0. The van der Waals surface area contributed by atoms with Gasteiger partial charge in [0.1, 0.15) is 5.78 Å². The van der Waals surface area contributed by atoms with Crippen molar-refractivity contribution >= 4 is 5.78 Å². The predicted octanol–water partition coefficient (Wildman–Crippen LogP) is 1.89. The highest BCUT2D eigenvalue weighted by molar-refractivity contribution is 5.90. The van der Waals surface area contributed by atoms with Gasteiger partial charge < -0.3 is 0 Å². The molecule has 0 spiro atoms. The molecule has 3 saturated carbocycles. The number of hydrogen-bond acceptors (Lipinski definition) is 1. The number of allylic oxidation sites excluding steroid dienone is 2. The zero-order chi connectivity index (χ0) is 8.74. The van der Waals surface area contributed by atoms with Crippen LogP contribution in [0.25, 0.3) is 0 Å². The van der Waals surface area contributed by atoms with Gasteiger partial charge in [0.15, 0.2) is 0 Å². The Balaban J connectivity index is 1.83. The van der Waals surface area contributed by atoms with Crippen molar-refractivity contribution in [1.29, 1.82) is 0 Å². The second-order valence-corrected chi connectivity index (χ2v) is 5.35. The van der Waals surface area contributed by atoms with Crippen LogP contribution in [0.15, 0.2) is 12.2 Å². The Bertz CT molecular complexity index is 330. The minimum absolute atomic E-state index is 0.390. The molecule has 0 aromatic heterocycles. The third-order valence-corrected chi connectivity index (χ3v) is 5.13. The molecule has 13 heavy (non-hydrogen) atoms. The van der Waals surface area contributed by atoms with Crippen molar-refractivity contribution in [2.24, 2.45) is 41.4 Å². The van der Waals surface area contributed by atoms with E-state index in [1.165, 1.54) is 6.42 Å². The highest BCUT2D eigenvalue weighted by Gasteiger charge is 2.74. The van der Waals surface area contributed by atoms with E-state index in [9.17, 15) is 4.79 Å². The highest BCUT2D eigenvalue weighted by Crippen LogP contribution is 2.74. The second kappa shape index (κ2) is 1.77. The minimum atomic E-state index is 0.390. The molecule has 1 heteroatoms. The minimum Gasteiger partial charge on any atom is -0.299 e. The molecule has 0 N–H and O–H groups in total. The van der Waals surface area contributed by atoms with E-state index >= 15 is 0 Å². The van der Waals surface area contributed by atoms with Crippen molar-refractivity contribution in [1.82, 2.24) is 0 Å². The molecular formula is C12H14O. The van der Waals surface area contributed by atoms with E-state index in [1.807, 2.05) is 0 Å². The van der Waals surface area contributed by atoms with E-state index < -0.39 is 0 Å². The largest absolute Gasteiger partial charge is 0.299 e. The van der Waals surface area contributed by atoms with Crippen LogP contribution in [0.1, 0.15) is 13.3 Å². The summed E-state index contributed by atoms with van der Waals surface area (Å²) in [5.41, 5.74) is 0. The van der Waals surface area contributed by atoms with Crippen LogP contribution in [-0.2, 0) is 4.79 Å². The van der Waals surface area contributed by atoms with Gasteiger partial charge in [0.2, 0.25) is 0 Å². The Morgan fingerprint density at radius 1 is 1.31 bits per heavy atom. The van der Waals surface area contributed by atoms with E-state index in [2.05, 4.69) is 19.1 Å². The van der Waals surface area contributed by atoms with Crippen molar-refractivity contribution in [3.8, 4) is 0 Å². The molecule has 3 fully saturated rings. The van der Waals surface area contributed by atoms with E-state index in [4.69, 9.17) is 0 Å². The van der Waals surface area contributed by atoms with Gasteiger partial charge >= 0.3 is 0 Å². The lowest BCUT2D eigenvalue weighted by molar-refractivity contribution is -0.122. The lowest BCUT2D eigenvalue weighted by Crippen LogP contribution is -2.19. The molecule has 1 nitrogen and oxygen atoms in total. The number of ketones is 1. The van der Waals surface area contributed by atoms with Crippen molar-refractivity contribution in [2.75, 3.05) is 0 Å². The maximum Gasteiger partial charge on any atom is 0.139 e. The fourth-order valence-corrected chi connectivity index (χ4v) is 4.73. The Hall–Kier alpha value is -0.590. The van der Waals surface area contributed by atoms with Crippen LogP contribution >= 0.6 is 0 Å². The molecule has 68 valence electrons. The lowest BCUT2D eigenvalue weighted by Gasteiger charge is -2.20. The fraction of sp³-hybridized carbons (Fsp3) is 0.750. The van der Waals surface area contributed by atoms with E-state index in [-0.39, 0.29) is 0 Å². The molecule has 4 aliphatic carbocycles. The molecule has 0 aromatic rings. The Morgan fingerprint density at radius 3 is 3.00 bits per heavy atom. The topological polar surface area (TPSA) is 17.1 Å². The van der Waals surface area contributed by atoms with E-state index in [1.54, 1.807) is 0 Å². The monoisotopic (exact) mass is 174 g/mol. The van der Waals surface area contributed by atoms with Crippen molar-refractivity contribution in [2.45, 2.75) is 13.3 Å². The average Bonchev–Trinajstić information content (AvgIpc) is 2.46. The average molecular weight is 174 g/mol. The Morgan fingerprint density at radius 2 is 2.15 bits per heavy atom. The summed E-state index contributed by atoms with van der Waals surface area (Å²) < 4.78 is 0. The van der Waals surface area contributed by atoms with Crippen LogP contribution < -0.4 is 0 Å². The highest BCUT2D eigenvalue weighted by atomic mass is 16.1. The molecule has 0 radical (unpaired) electrons. The van der Waals surface area contributed by atoms with Gasteiger partial charge in [0.05, 0.1) is 0 Å². The third kappa shape index (κ3) is 0.536. The number of fused-ring (bicyclic) bond motifs is 4. The van der Waals surface area contributed by atoms with Gasteiger partial charge in [0.25, 0.3) is 0 Å². The maximum atomic E-state index is 11.8. The number of rotatable bonds is 0. The van der Waals surface area contributed by atoms with Gasteiger partial charge in [-0.2, -0.15) is 0 Å². The molecule has 0 bridgehead atoms. The number of hydrogen-bond donors (Lipinski definition) is 0. The molecular weight excluding hydrogens is 160 g/mol. The van der Waals surface area contributed by atoms with Gasteiger partial charge in [-0.15, -0.1) is 0 Å². The molecule has 4 rings (SSSR count). The van der Waals surface area contributed by atoms with Gasteiger partial charge in [-0.1, -0.05) is 19.1 Å². The fourth-order valence-electron chi connectivity index (χ4n) is 4.73. The number of carbonyl (C=O) groups excluding carboxylic acids is 1. The van der Waals surface area contributed by atoms with Crippen molar-refractivity contribution < 1.29 is 4.79 Å². The van der Waals surface area contributed by atoms with Crippen molar-refractivity contribution in [3.05, 3.63) is 12.2 Å². The Labute approximate surface area is 78.2 Å². The Kier molecular flexibility index (Phi) is 0.928. The SMILES string of the molecule is CC1C(=O)C2C3C4C=CCC4C1C23. The van der Waals surface area contributed by atoms with E-state index in [0.717, 1.165) is 29.6 Å². The summed E-state index contributed by atoms with van der Waals surface area (Å²) in [5, 5.41) is 0. The summed E-state index contributed by atoms with van der Waals surface area (Å²) >= 11 is 0. The molecule has 0 aromatic carbocycles. The first-order chi connectivity index (χ1) is 6.30. The number of Topliss-reactive ketones (excluding diaryl/α,β-unsaturated/α-hetero) is 1. The molecule has 0 heterocycles. The number of carbonyl (C=O) groups is 1. The summed E-state index contributed by atoms with van der Waals surface area (Å²) in [4.78, 5) is 11.8. The summed E-state index contributed by atoms with van der Waals surface area (Å²) in [5.74, 6) is 5.52. The summed E-state index contributed by atoms with van der Waals surface area (Å²) in [7, 11) is 0. The van der Waals surface area contributed by atoms with Crippen LogP contribution in [0.4, 0.5) is 0 Å². The molecule has 4 aliphatic rings. The first-order valence-electron chi connectivity index (χ1n) is 5.51. The predicted molar refractivity (Wildman–Crippen MR) is 48.9 cm³/mol. The van der Waals surface area contributed by atoms with Gasteiger partial charge in [-0.05, 0) is 36.0 Å². The lowest BCUT2D eigenvalue weighted by atomic mass is 9.83. The smallest absolute Gasteiger partial charge is 0.139 e. The first-order valence-corrected chi connectivity index (χ1v) is 5.51. The normalized spacial score (nSPS) is 65.6. The molecule has 7 atom stereocenters. The third-order valence-electron chi connectivity index (χ3n) is 5.13. The van der Waals surface area contributed by atoms with Crippen LogP contribution in [0.3, 0.4) is 0 Å². The zero-order valence-corrected chi connectivity index (χ0v) is 7.81. The standard InChI is InChI=1S/C12H14O/c1-5-8-6-3-2-4-7(6)9-10(8)11(9)12(5)13/h2,4-11H,3H2,1H3. The van der Waals surface area contributed by atoms with Gasteiger partial charge in [0, 0.05) is 11.8 Å². The van der Waals surface area contributed by atoms with Crippen LogP contribution in [0.5, 0.6) is 0 Å². The van der Waals surface area contributed by atoms with Crippen LogP contribution in [0, 0.1) is 41.4 Å². The maximum absolute atomic E-state index is 11.8. The molecule has 7 unspecified atom stereocenters. The van der Waals surface area contributed by atoms with Crippen LogP contribution in [-0.4, -0.2) is 5.78 Å².